The Kier molecular flexibility index (Phi) is 10.3. The third-order valence-corrected chi connectivity index (χ3v) is 8.47. The van der Waals surface area contributed by atoms with Gasteiger partial charge in [0.25, 0.3) is 0 Å². The van der Waals surface area contributed by atoms with Crippen LogP contribution in [-0.2, 0) is 26.2 Å². The highest BCUT2D eigenvalue weighted by atomic mass is 35.5. The SMILES string of the molecule is CC[C@H](C(=O)NC1CCCCC1)N(Cc1ccc(Cl)cc1Cl)C(=O)CN(c1ccccc1C)S(C)(=O)=O. The summed E-state index contributed by atoms with van der Waals surface area (Å²) < 4.78 is 26.6. The van der Waals surface area contributed by atoms with E-state index in [1.165, 1.54) is 4.90 Å². The molecule has 1 N–H and O–H groups in total. The van der Waals surface area contributed by atoms with Gasteiger partial charge in [0.15, 0.2) is 0 Å². The largest absolute Gasteiger partial charge is 0.352 e. The van der Waals surface area contributed by atoms with E-state index in [4.69, 9.17) is 23.2 Å². The van der Waals surface area contributed by atoms with Gasteiger partial charge in [0.2, 0.25) is 21.8 Å². The van der Waals surface area contributed by atoms with Gasteiger partial charge in [0.05, 0.1) is 11.9 Å². The maximum Gasteiger partial charge on any atom is 0.244 e. The summed E-state index contributed by atoms with van der Waals surface area (Å²) in [6.07, 6.45) is 6.53. The molecule has 1 saturated carbocycles. The first-order valence-corrected chi connectivity index (χ1v) is 15.2. The molecule has 3 rings (SSSR count). The maximum absolute atomic E-state index is 13.8. The molecule has 0 saturated heterocycles. The van der Waals surface area contributed by atoms with Gasteiger partial charge < -0.3 is 10.2 Å². The summed E-state index contributed by atoms with van der Waals surface area (Å²) in [5.41, 5.74) is 1.75. The topological polar surface area (TPSA) is 86.8 Å². The molecule has 0 aromatic heterocycles. The highest BCUT2D eigenvalue weighted by molar-refractivity contribution is 7.92. The first-order valence-electron chi connectivity index (χ1n) is 12.6. The molecule has 1 aliphatic carbocycles. The normalized spacial score (nSPS) is 15.2. The van der Waals surface area contributed by atoms with Gasteiger partial charge in [0, 0.05) is 22.6 Å². The van der Waals surface area contributed by atoms with Crippen LogP contribution in [0.25, 0.3) is 0 Å². The van der Waals surface area contributed by atoms with Crippen LogP contribution in [-0.4, -0.2) is 50.0 Å². The van der Waals surface area contributed by atoms with Gasteiger partial charge in [0.1, 0.15) is 12.6 Å². The molecule has 0 heterocycles. The Balaban J connectivity index is 1.95. The van der Waals surface area contributed by atoms with Gasteiger partial charge in [-0.05, 0) is 55.5 Å². The van der Waals surface area contributed by atoms with E-state index in [0.717, 1.165) is 48.2 Å². The number of halogens is 2. The molecule has 7 nitrogen and oxygen atoms in total. The molecular weight excluding hydrogens is 533 g/mol. The lowest BCUT2D eigenvalue weighted by atomic mass is 9.95. The molecule has 1 atom stereocenters. The van der Waals surface area contributed by atoms with Crippen LogP contribution in [0, 0.1) is 6.92 Å². The van der Waals surface area contributed by atoms with Crippen molar-refractivity contribution < 1.29 is 18.0 Å². The molecule has 1 fully saturated rings. The van der Waals surface area contributed by atoms with Crippen LogP contribution in [0.5, 0.6) is 0 Å². The first kappa shape index (κ1) is 29.3. The smallest absolute Gasteiger partial charge is 0.244 e. The lowest BCUT2D eigenvalue weighted by Gasteiger charge is -2.34. The molecule has 1 aliphatic rings. The fourth-order valence-electron chi connectivity index (χ4n) is 4.74. The molecule has 2 aromatic carbocycles. The number of nitrogens with one attached hydrogen (secondary N) is 1. The van der Waals surface area contributed by atoms with Gasteiger partial charge in [-0.1, -0.05) is 73.7 Å². The van der Waals surface area contributed by atoms with Crippen molar-refractivity contribution in [1.29, 1.82) is 0 Å². The fraction of sp³-hybridized carbons (Fsp3) is 0.481. The summed E-state index contributed by atoms with van der Waals surface area (Å²) in [5.74, 6) is -0.736. The van der Waals surface area contributed by atoms with Crippen molar-refractivity contribution in [3.8, 4) is 0 Å². The van der Waals surface area contributed by atoms with E-state index in [-0.39, 0.29) is 18.5 Å². The maximum atomic E-state index is 13.8. The van der Waals surface area contributed by atoms with Crippen LogP contribution in [0.1, 0.15) is 56.6 Å². The number of hydrogen-bond donors (Lipinski definition) is 1. The van der Waals surface area contributed by atoms with Gasteiger partial charge in [-0.3, -0.25) is 13.9 Å². The van der Waals surface area contributed by atoms with Crippen LogP contribution in [0.15, 0.2) is 42.5 Å². The molecule has 202 valence electrons. The molecule has 0 aliphatic heterocycles. The Morgan fingerprint density at radius 3 is 2.35 bits per heavy atom. The van der Waals surface area contributed by atoms with Crippen LogP contribution in [0.4, 0.5) is 5.69 Å². The fourth-order valence-corrected chi connectivity index (χ4v) is 6.11. The molecule has 2 amide bonds. The van der Waals surface area contributed by atoms with E-state index in [1.807, 2.05) is 6.92 Å². The second-order valence-corrected chi connectivity index (χ2v) is 12.3. The highest BCUT2D eigenvalue weighted by Crippen LogP contribution is 2.26. The average molecular weight is 569 g/mol. The Morgan fingerprint density at radius 1 is 1.08 bits per heavy atom. The lowest BCUT2D eigenvalue weighted by molar-refractivity contribution is -0.140. The van der Waals surface area contributed by atoms with E-state index in [9.17, 15) is 18.0 Å². The number of sulfonamides is 1. The minimum atomic E-state index is -3.79. The van der Waals surface area contributed by atoms with Gasteiger partial charge in [-0.2, -0.15) is 0 Å². The van der Waals surface area contributed by atoms with Crippen molar-refractivity contribution >= 4 is 50.7 Å². The predicted molar refractivity (Wildman–Crippen MR) is 149 cm³/mol. The molecule has 10 heteroatoms. The molecule has 0 spiro atoms. The number of rotatable bonds is 10. The van der Waals surface area contributed by atoms with E-state index in [1.54, 1.807) is 49.4 Å². The van der Waals surface area contributed by atoms with E-state index >= 15 is 0 Å². The number of amides is 2. The van der Waals surface area contributed by atoms with E-state index < -0.39 is 28.5 Å². The number of carbonyl (C=O) groups excluding carboxylic acids is 2. The summed E-state index contributed by atoms with van der Waals surface area (Å²) >= 11 is 12.5. The average Bonchev–Trinajstić information content (AvgIpc) is 2.84. The second-order valence-electron chi connectivity index (χ2n) is 9.58. The number of hydrogen-bond acceptors (Lipinski definition) is 4. The second kappa shape index (κ2) is 13.0. The van der Waals surface area contributed by atoms with Gasteiger partial charge in [-0.15, -0.1) is 0 Å². The molecule has 37 heavy (non-hydrogen) atoms. The zero-order chi connectivity index (χ0) is 27.2. The summed E-state index contributed by atoms with van der Waals surface area (Å²) in [4.78, 5) is 28.7. The summed E-state index contributed by atoms with van der Waals surface area (Å²) in [6.45, 7) is 3.22. The van der Waals surface area contributed by atoms with Crippen molar-refractivity contribution in [3.63, 3.8) is 0 Å². The van der Waals surface area contributed by atoms with E-state index in [2.05, 4.69) is 5.32 Å². The van der Waals surface area contributed by atoms with Crippen molar-refractivity contribution in [3.05, 3.63) is 63.6 Å². The summed E-state index contributed by atoms with van der Waals surface area (Å²) in [7, 11) is -3.79. The summed E-state index contributed by atoms with van der Waals surface area (Å²) in [5, 5.41) is 3.94. The first-order chi connectivity index (χ1) is 17.5. The number of anilines is 1. The van der Waals surface area contributed by atoms with E-state index in [0.29, 0.717) is 27.7 Å². The molecule has 0 bridgehead atoms. The third-order valence-electron chi connectivity index (χ3n) is 6.76. The Hall–Kier alpha value is -2.29. The molecule has 2 aromatic rings. The molecular formula is C27H35Cl2N3O4S. The standard InChI is InChI=1S/C27H35Cl2N3O4S/c1-4-24(27(34)30-22-11-6-5-7-12-22)31(17-20-14-15-21(28)16-23(20)29)26(33)18-32(37(3,35)36)25-13-9-8-10-19(25)2/h8-10,13-16,22,24H,4-7,11-12,17-18H2,1-3H3,(H,30,34)/t24-/m1/s1. The Labute approximate surface area is 230 Å². The highest BCUT2D eigenvalue weighted by Gasteiger charge is 2.33. The number of aryl methyl sites for hydroxylation is 1. The van der Waals surface area contributed by atoms with Crippen LogP contribution >= 0.6 is 23.2 Å². The molecule has 0 unspecified atom stereocenters. The third kappa shape index (κ3) is 7.85. The summed E-state index contributed by atoms with van der Waals surface area (Å²) in [6, 6.07) is 11.2. The minimum absolute atomic E-state index is 0.0385. The number of para-hydroxylation sites is 1. The molecule has 0 radical (unpaired) electrons. The monoisotopic (exact) mass is 567 g/mol. The van der Waals surface area contributed by atoms with Crippen molar-refractivity contribution in [2.24, 2.45) is 0 Å². The van der Waals surface area contributed by atoms with Crippen LogP contribution < -0.4 is 9.62 Å². The van der Waals surface area contributed by atoms with Gasteiger partial charge >= 0.3 is 0 Å². The van der Waals surface area contributed by atoms with Crippen molar-refractivity contribution in [2.75, 3.05) is 17.1 Å². The minimum Gasteiger partial charge on any atom is -0.352 e. The number of benzene rings is 2. The number of nitrogens with zero attached hydrogens (tertiary/aromatic N) is 2. The predicted octanol–water partition coefficient (Wildman–Crippen LogP) is 5.32. The zero-order valence-corrected chi connectivity index (χ0v) is 23.9. The zero-order valence-electron chi connectivity index (χ0n) is 21.5. The van der Waals surface area contributed by atoms with Gasteiger partial charge in [-0.25, -0.2) is 8.42 Å². The Morgan fingerprint density at radius 2 is 1.76 bits per heavy atom. The van der Waals surface area contributed by atoms with Crippen LogP contribution in [0.3, 0.4) is 0 Å². The number of carbonyl (C=O) groups is 2. The quantitative estimate of drug-likeness (QED) is 0.420. The Bertz CT molecular complexity index is 1220. The van der Waals surface area contributed by atoms with Crippen molar-refractivity contribution in [1.82, 2.24) is 10.2 Å². The van der Waals surface area contributed by atoms with Crippen LogP contribution in [0.2, 0.25) is 10.0 Å². The lowest BCUT2D eigenvalue weighted by Crippen LogP contribution is -2.54. The van der Waals surface area contributed by atoms with Crippen molar-refractivity contribution in [2.45, 2.75) is 71.0 Å².